The first-order valence-electron chi connectivity index (χ1n) is 10.0. The van der Waals surface area contributed by atoms with E-state index in [1.165, 1.54) is 7.11 Å². The predicted octanol–water partition coefficient (Wildman–Crippen LogP) is 3.67. The molecule has 0 bridgehead atoms. The number of nitrogens with zero attached hydrogens (tertiary/aromatic N) is 1. The number of amides is 1. The normalized spacial score (nSPS) is 17.7. The molecule has 1 saturated heterocycles. The molecule has 0 aromatic carbocycles. The number of unbranched alkanes of at least 4 members (excludes halogenated alkanes) is 3. The van der Waals surface area contributed by atoms with Crippen molar-refractivity contribution in [3.63, 3.8) is 0 Å². The van der Waals surface area contributed by atoms with Crippen molar-refractivity contribution in [2.45, 2.75) is 77.7 Å². The standard InChI is InChI=1S/C22H33NO4/c1-4-5-8-11-18(2)20(24)15-13-19-14-16-21(25)23(19)17-10-7-6-9-12-22(26)27-3/h13,15,18-19H,4,6-7,9-12,14,16-17H2,1-3H3/t18?,19-/m0/s1. The Kier molecular flexibility index (Phi) is 11.2. The van der Waals surface area contributed by atoms with Gasteiger partial charge in [-0.1, -0.05) is 32.8 Å². The maximum Gasteiger partial charge on any atom is 0.305 e. The average Bonchev–Trinajstić information content (AvgIpc) is 3.02. The number of likely N-dealkylation sites (tertiary alicyclic amines) is 1. The summed E-state index contributed by atoms with van der Waals surface area (Å²) < 4.78 is 4.62. The summed E-state index contributed by atoms with van der Waals surface area (Å²) in [5.74, 6) is 5.95. The molecule has 1 aliphatic rings. The van der Waals surface area contributed by atoms with Gasteiger partial charge in [0.2, 0.25) is 5.91 Å². The van der Waals surface area contributed by atoms with Crippen molar-refractivity contribution in [3.05, 3.63) is 12.2 Å². The molecule has 1 amide bonds. The zero-order chi connectivity index (χ0) is 20.1. The van der Waals surface area contributed by atoms with Crippen LogP contribution < -0.4 is 0 Å². The van der Waals surface area contributed by atoms with Gasteiger partial charge >= 0.3 is 5.97 Å². The van der Waals surface area contributed by atoms with E-state index in [-0.39, 0.29) is 29.6 Å². The molecule has 0 saturated carbocycles. The molecular weight excluding hydrogens is 342 g/mol. The van der Waals surface area contributed by atoms with E-state index in [4.69, 9.17) is 0 Å². The lowest BCUT2D eigenvalue weighted by Crippen LogP contribution is -2.32. The predicted molar refractivity (Wildman–Crippen MR) is 106 cm³/mol. The Labute approximate surface area is 163 Å². The summed E-state index contributed by atoms with van der Waals surface area (Å²) in [4.78, 5) is 37.3. The fourth-order valence-corrected chi connectivity index (χ4v) is 3.07. The maximum atomic E-state index is 12.2. The van der Waals surface area contributed by atoms with Gasteiger partial charge in [-0.05, 0) is 25.3 Å². The Bertz CT molecular complexity index is 585. The van der Waals surface area contributed by atoms with Crippen LogP contribution in [0, 0.1) is 17.8 Å². The second kappa shape index (κ2) is 13.1. The van der Waals surface area contributed by atoms with Gasteiger partial charge in [-0.15, -0.1) is 11.8 Å². The average molecular weight is 376 g/mol. The summed E-state index contributed by atoms with van der Waals surface area (Å²) in [5.41, 5.74) is 0. The topological polar surface area (TPSA) is 63.7 Å². The van der Waals surface area contributed by atoms with Crippen LogP contribution in [-0.4, -0.2) is 42.3 Å². The second-order valence-electron chi connectivity index (χ2n) is 7.01. The zero-order valence-corrected chi connectivity index (χ0v) is 17.0. The summed E-state index contributed by atoms with van der Waals surface area (Å²) in [5, 5.41) is 0. The molecule has 1 rings (SSSR count). The molecular formula is C22H33NO4. The third-order valence-corrected chi connectivity index (χ3v) is 4.81. The van der Waals surface area contributed by atoms with Crippen LogP contribution in [0.5, 0.6) is 0 Å². The van der Waals surface area contributed by atoms with Gasteiger partial charge in [0.1, 0.15) is 0 Å². The Hall–Kier alpha value is -2.09. The van der Waals surface area contributed by atoms with Crippen molar-refractivity contribution in [1.29, 1.82) is 0 Å². The highest BCUT2D eigenvalue weighted by atomic mass is 16.5. The number of rotatable bonds is 11. The van der Waals surface area contributed by atoms with E-state index in [0.29, 0.717) is 25.8 Å². The van der Waals surface area contributed by atoms with E-state index in [2.05, 4.69) is 16.6 Å². The first kappa shape index (κ1) is 23.0. The summed E-state index contributed by atoms with van der Waals surface area (Å²) in [6, 6.07) is 0.0189. The van der Waals surface area contributed by atoms with E-state index in [1.807, 2.05) is 24.8 Å². The van der Waals surface area contributed by atoms with Crippen LogP contribution in [0.1, 0.15) is 71.6 Å². The lowest BCUT2D eigenvalue weighted by Gasteiger charge is -2.22. The molecule has 1 heterocycles. The molecule has 5 heteroatoms. The van der Waals surface area contributed by atoms with Gasteiger partial charge in [-0.2, -0.15) is 0 Å². The minimum absolute atomic E-state index is 0.0189. The number of allylic oxidation sites excluding steroid dienone is 1. The molecule has 150 valence electrons. The third kappa shape index (κ3) is 8.90. The first-order valence-corrected chi connectivity index (χ1v) is 10.0. The van der Waals surface area contributed by atoms with E-state index in [0.717, 1.165) is 38.5 Å². The summed E-state index contributed by atoms with van der Waals surface area (Å²) >= 11 is 0. The van der Waals surface area contributed by atoms with Crippen LogP contribution in [-0.2, 0) is 19.1 Å². The number of methoxy groups -OCH3 is 1. The lowest BCUT2D eigenvalue weighted by molar-refractivity contribution is -0.140. The van der Waals surface area contributed by atoms with Crippen molar-refractivity contribution in [2.75, 3.05) is 13.7 Å². The molecule has 1 fully saturated rings. The maximum absolute atomic E-state index is 12.2. The number of ether oxygens (including phenoxy) is 1. The monoisotopic (exact) mass is 375 g/mol. The number of carbonyl (C=O) groups is 3. The Morgan fingerprint density at radius 3 is 2.70 bits per heavy atom. The highest BCUT2D eigenvalue weighted by molar-refractivity contribution is 5.92. The molecule has 1 unspecified atom stereocenters. The molecule has 2 atom stereocenters. The van der Waals surface area contributed by atoms with Crippen molar-refractivity contribution in [1.82, 2.24) is 4.90 Å². The SMILES string of the molecule is CCC#CCC(C)C(=O)C=C[C@H]1CCC(=O)N1CCCCCCC(=O)OC. The van der Waals surface area contributed by atoms with Gasteiger partial charge in [0.15, 0.2) is 5.78 Å². The molecule has 0 N–H and O–H groups in total. The van der Waals surface area contributed by atoms with Gasteiger partial charge in [0.05, 0.1) is 13.2 Å². The number of hydrogen-bond acceptors (Lipinski definition) is 4. The highest BCUT2D eigenvalue weighted by Crippen LogP contribution is 2.21. The van der Waals surface area contributed by atoms with Gasteiger partial charge in [-0.3, -0.25) is 14.4 Å². The molecule has 0 aliphatic carbocycles. The quantitative estimate of drug-likeness (QED) is 0.239. The smallest absolute Gasteiger partial charge is 0.305 e. The third-order valence-electron chi connectivity index (χ3n) is 4.81. The molecule has 5 nitrogen and oxygen atoms in total. The Balaban J connectivity index is 2.38. The van der Waals surface area contributed by atoms with Crippen LogP contribution in [0.3, 0.4) is 0 Å². The summed E-state index contributed by atoms with van der Waals surface area (Å²) in [6.07, 6.45) is 10.3. The number of ketones is 1. The number of esters is 1. The Morgan fingerprint density at radius 1 is 1.26 bits per heavy atom. The van der Waals surface area contributed by atoms with Crippen molar-refractivity contribution < 1.29 is 19.1 Å². The van der Waals surface area contributed by atoms with Gasteiger partial charge in [-0.25, -0.2) is 0 Å². The van der Waals surface area contributed by atoms with Crippen molar-refractivity contribution in [2.24, 2.45) is 5.92 Å². The zero-order valence-electron chi connectivity index (χ0n) is 17.0. The van der Waals surface area contributed by atoms with E-state index < -0.39 is 0 Å². The van der Waals surface area contributed by atoms with E-state index in [1.54, 1.807) is 6.08 Å². The largest absolute Gasteiger partial charge is 0.469 e. The summed E-state index contributed by atoms with van der Waals surface area (Å²) in [7, 11) is 1.40. The second-order valence-corrected chi connectivity index (χ2v) is 7.01. The van der Waals surface area contributed by atoms with E-state index >= 15 is 0 Å². The van der Waals surface area contributed by atoms with Crippen LogP contribution in [0.15, 0.2) is 12.2 Å². The van der Waals surface area contributed by atoms with Crippen LogP contribution in [0.25, 0.3) is 0 Å². The molecule has 1 aliphatic heterocycles. The highest BCUT2D eigenvalue weighted by Gasteiger charge is 2.28. The van der Waals surface area contributed by atoms with Crippen LogP contribution >= 0.6 is 0 Å². The van der Waals surface area contributed by atoms with Gasteiger partial charge in [0.25, 0.3) is 0 Å². The summed E-state index contributed by atoms with van der Waals surface area (Å²) in [6.45, 7) is 4.59. The molecule has 0 aromatic rings. The Morgan fingerprint density at radius 2 is 2.00 bits per heavy atom. The van der Waals surface area contributed by atoms with Crippen LogP contribution in [0.4, 0.5) is 0 Å². The fraction of sp³-hybridized carbons (Fsp3) is 0.682. The molecule has 0 radical (unpaired) electrons. The number of carbonyl (C=O) groups excluding carboxylic acids is 3. The number of hydrogen-bond donors (Lipinski definition) is 0. The van der Waals surface area contributed by atoms with Gasteiger partial charge < -0.3 is 9.64 Å². The van der Waals surface area contributed by atoms with Gasteiger partial charge in [0, 0.05) is 38.1 Å². The fourth-order valence-electron chi connectivity index (χ4n) is 3.07. The first-order chi connectivity index (χ1) is 13.0. The lowest BCUT2D eigenvalue weighted by atomic mass is 10.0. The minimum atomic E-state index is -0.172. The molecule has 27 heavy (non-hydrogen) atoms. The van der Waals surface area contributed by atoms with Crippen molar-refractivity contribution in [3.8, 4) is 11.8 Å². The van der Waals surface area contributed by atoms with Crippen molar-refractivity contribution >= 4 is 17.7 Å². The molecule has 0 spiro atoms. The molecule has 0 aromatic heterocycles. The minimum Gasteiger partial charge on any atom is -0.469 e. The van der Waals surface area contributed by atoms with E-state index in [9.17, 15) is 14.4 Å². The van der Waals surface area contributed by atoms with Crippen LogP contribution in [0.2, 0.25) is 0 Å².